The molecule has 0 bridgehead atoms. The van der Waals surface area contributed by atoms with Crippen molar-refractivity contribution in [1.82, 2.24) is 5.32 Å². The van der Waals surface area contributed by atoms with Crippen molar-refractivity contribution in [2.45, 2.75) is 19.3 Å². The first-order chi connectivity index (χ1) is 12.1. The molecule has 1 aromatic heterocycles. The van der Waals surface area contributed by atoms with E-state index >= 15 is 0 Å². The first-order valence-electron chi connectivity index (χ1n) is 7.88. The number of esters is 1. The third-order valence-corrected chi connectivity index (χ3v) is 3.51. The van der Waals surface area contributed by atoms with Crippen LogP contribution in [0.1, 0.15) is 21.7 Å². The van der Waals surface area contributed by atoms with Crippen molar-refractivity contribution < 1.29 is 28.5 Å². The highest BCUT2D eigenvalue weighted by Gasteiger charge is 2.13. The van der Waals surface area contributed by atoms with Crippen LogP contribution in [-0.4, -0.2) is 44.6 Å². The molecule has 7 nitrogen and oxygen atoms in total. The van der Waals surface area contributed by atoms with E-state index in [0.717, 1.165) is 5.56 Å². The fourth-order valence-electron chi connectivity index (χ4n) is 2.27. The molecule has 2 rings (SSSR count). The molecule has 0 amide bonds. The molecule has 0 aliphatic carbocycles. The number of benzene rings is 1. The zero-order valence-corrected chi connectivity index (χ0v) is 14.4. The van der Waals surface area contributed by atoms with Crippen molar-refractivity contribution >= 4 is 5.97 Å². The van der Waals surface area contributed by atoms with E-state index in [9.17, 15) is 9.90 Å². The predicted octanol–water partition coefficient (Wildman–Crippen LogP) is 1.74. The summed E-state index contributed by atoms with van der Waals surface area (Å²) in [7, 11) is 2.82. The monoisotopic (exact) mass is 349 g/mol. The zero-order chi connectivity index (χ0) is 18.1. The van der Waals surface area contributed by atoms with E-state index in [1.165, 1.54) is 14.2 Å². The van der Waals surface area contributed by atoms with Crippen molar-refractivity contribution in [3.63, 3.8) is 0 Å². The van der Waals surface area contributed by atoms with Gasteiger partial charge in [0.2, 0.25) is 0 Å². The molecule has 1 atom stereocenters. The lowest BCUT2D eigenvalue weighted by Gasteiger charge is -2.13. The van der Waals surface area contributed by atoms with E-state index in [2.05, 4.69) is 5.32 Å². The average Bonchev–Trinajstić information content (AvgIpc) is 3.14. The molecule has 0 saturated carbocycles. The summed E-state index contributed by atoms with van der Waals surface area (Å²) >= 11 is 0. The number of carbonyl (C=O) groups excluding carboxylic acids is 1. The largest absolute Gasteiger partial charge is 0.496 e. The van der Waals surface area contributed by atoms with E-state index in [4.69, 9.17) is 18.6 Å². The van der Waals surface area contributed by atoms with Gasteiger partial charge >= 0.3 is 5.97 Å². The van der Waals surface area contributed by atoms with E-state index in [1.807, 2.05) is 12.1 Å². The molecule has 136 valence electrons. The summed E-state index contributed by atoms with van der Waals surface area (Å²) < 4.78 is 20.4. The van der Waals surface area contributed by atoms with Gasteiger partial charge in [-0.15, -0.1) is 0 Å². The van der Waals surface area contributed by atoms with Crippen molar-refractivity contribution in [2.75, 3.05) is 27.4 Å². The van der Waals surface area contributed by atoms with Crippen molar-refractivity contribution in [1.29, 1.82) is 0 Å². The van der Waals surface area contributed by atoms with Gasteiger partial charge in [-0.2, -0.15) is 0 Å². The molecule has 0 aliphatic rings. The molecular weight excluding hydrogens is 326 g/mol. The second-order valence-corrected chi connectivity index (χ2v) is 5.41. The Morgan fingerprint density at radius 3 is 2.84 bits per heavy atom. The molecule has 0 radical (unpaired) electrons. The summed E-state index contributed by atoms with van der Waals surface area (Å²) in [5.41, 5.74) is 1.25. The number of hydrogen-bond donors (Lipinski definition) is 2. The van der Waals surface area contributed by atoms with Crippen LogP contribution >= 0.6 is 0 Å². The van der Waals surface area contributed by atoms with Crippen LogP contribution in [0, 0.1) is 0 Å². The van der Waals surface area contributed by atoms with Gasteiger partial charge in [-0.05, 0) is 29.8 Å². The Bertz CT molecular complexity index is 656. The van der Waals surface area contributed by atoms with Gasteiger partial charge in [-0.3, -0.25) is 0 Å². The maximum absolute atomic E-state index is 11.8. The number of ether oxygens (including phenoxy) is 3. The van der Waals surface area contributed by atoms with Gasteiger partial charge in [0, 0.05) is 13.1 Å². The number of methoxy groups -OCH3 is 2. The summed E-state index contributed by atoms with van der Waals surface area (Å²) in [5, 5.41) is 13.0. The van der Waals surface area contributed by atoms with Crippen LogP contribution < -0.4 is 10.1 Å². The summed E-state index contributed by atoms with van der Waals surface area (Å²) in [6.45, 7) is 1.37. The number of furan rings is 1. The minimum absolute atomic E-state index is 0.198. The van der Waals surface area contributed by atoms with Crippen LogP contribution in [0.15, 0.2) is 41.0 Å². The number of nitrogens with one attached hydrogen (secondary N) is 1. The van der Waals surface area contributed by atoms with Crippen molar-refractivity contribution in [2.24, 2.45) is 0 Å². The Morgan fingerprint density at radius 2 is 2.16 bits per heavy atom. The third kappa shape index (κ3) is 5.90. The molecule has 1 unspecified atom stereocenters. The topological polar surface area (TPSA) is 90.2 Å². The molecule has 0 fully saturated rings. The molecule has 1 aromatic carbocycles. The molecule has 2 N–H and O–H groups in total. The van der Waals surface area contributed by atoms with Crippen LogP contribution in [0.25, 0.3) is 0 Å². The number of hydrogen-bond acceptors (Lipinski definition) is 7. The van der Waals surface area contributed by atoms with Gasteiger partial charge < -0.3 is 29.1 Å². The summed E-state index contributed by atoms with van der Waals surface area (Å²) in [6.07, 6.45) is 0.932. The Hall–Kier alpha value is -2.35. The lowest BCUT2D eigenvalue weighted by atomic mass is 10.1. The van der Waals surface area contributed by atoms with Crippen LogP contribution in [0.3, 0.4) is 0 Å². The molecular formula is C18H23NO6. The van der Waals surface area contributed by atoms with Gasteiger partial charge in [0.1, 0.15) is 23.7 Å². The molecule has 0 aliphatic heterocycles. The number of aliphatic hydroxyl groups excluding tert-OH is 1. The van der Waals surface area contributed by atoms with E-state index in [-0.39, 0.29) is 6.61 Å². The normalized spacial score (nSPS) is 12.0. The van der Waals surface area contributed by atoms with Gasteiger partial charge in [0.15, 0.2) is 0 Å². The molecule has 2 aromatic rings. The number of rotatable bonds is 10. The average molecular weight is 349 g/mol. The van der Waals surface area contributed by atoms with Gasteiger partial charge in [-0.25, -0.2) is 4.79 Å². The van der Waals surface area contributed by atoms with Gasteiger partial charge in [-0.1, -0.05) is 6.07 Å². The summed E-state index contributed by atoms with van der Waals surface area (Å²) in [5.74, 6) is 0.723. The van der Waals surface area contributed by atoms with Crippen LogP contribution in [0.2, 0.25) is 0 Å². The van der Waals surface area contributed by atoms with Crippen molar-refractivity contribution in [3.8, 4) is 5.75 Å². The van der Waals surface area contributed by atoms with Gasteiger partial charge in [0.25, 0.3) is 0 Å². The number of carbonyl (C=O) groups is 1. The maximum Gasteiger partial charge on any atom is 0.341 e. The molecule has 1 heterocycles. The summed E-state index contributed by atoms with van der Waals surface area (Å²) in [6, 6.07) is 8.86. The number of aliphatic hydroxyl groups is 1. The van der Waals surface area contributed by atoms with Crippen LogP contribution in [-0.2, 0) is 22.6 Å². The molecule has 7 heteroatoms. The van der Waals surface area contributed by atoms with Crippen LogP contribution in [0.5, 0.6) is 5.75 Å². The van der Waals surface area contributed by atoms with E-state index < -0.39 is 12.1 Å². The van der Waals surface area contributed by atoms with E-state index in [0.29, 0.717) is 36.8 Å². The van der Waals surface area contributed by atoms with Crippen molar-refractivity contribution in [3.05, 3.63) is 53.5 Å². The van der Waals surface area contributed by atoms with Gasteiger partial charge in [0.05, 0.1) is 33.2 Å². The standard InChI is InChI=1S/C18H23NO6/c1-22-17-6-5-13(8-16(17)18(21)23-2)9-19-10-14(20)11-24-12-15-4-3-7-25-15/h3-8,14,19-20H,9-12H2,1-2H3. The quantitative estimate of drug-likeness (QED) is 0.632. The maximum atomic E-state index is 11.8. The second-order valence-electron chi connectivity index (χ2n) is 5.41. The van der Waals surface area contributed by atoms with E-state index in [1.54, 1.807) is 24.5 Å². The fraction of sp³-hybridized carbons (Fsp3) is 0.389. The lowest BCUT2D eigenvalue weighted by Crippen LogP contribution is -2.30. The lowest BCUT2D eigenvalue weighted by molar-refractivity contribution is 0.0225. The minimum Gasteiger partial charge on any atom is -0.496 e. The Labute approximate surface area is 146 Å². The molecule has 0 spiro atoms. The predicted molar refractivity (Wildman–Crippen MR) is 90.4 cm³/mol. The van der Waals surface area contributed by atoms with Crippen LogP contribution in [0.4, 0.5) is 0 Å². The summed E-state index contributed by atoms with van der Waals surface area (Å²) in [4.78, 5) is 11.8. The highest BCUT2D eigenvalue weighted by Crippen LogP contribution is 2.20. The highest BCUT2D eigenvalue weighted by atomic mass is 16.5. The Balaban J connectivity index is 1.75. The SMILES string of the molecule is COC(=O)c1cc(CNCC(O)COCc2ccco2)ccc1OC. The smallest absolute Gasteiger partial charge is 0.341 e. The molecule has 0 saturated heterocycles. The Morgan fingerprint density at radius 1 is 1.32 bits per heavy atom. The first kappa shape index (κ1) is 19.0. The first-order valence-corrected chi connectivity index (χ1v) is 7.88. The third-order valence-electron chi connectivity index (χ3n) is 3.51. The highest BCUT2D eigenvalue weighted by molar-refractivity contribution is 5.92. The second kappa shape index (κ2) is 9.83. The fourth-order valence-corrected chi connectivity index (χ4v) is 2.27. The molecule has 25 heavy (non-hydrogen) atoms. The zero-order valence-electron chi connectivity index (χ0n) is 14.4. The Kier molecular flexibility index (Phi) is 7.46. The minimum atomic E-state index is -0.645.